The highest BCUT2D eigenvalue weighted by atomic mass is 16.6. The van der Waals surface area contributed by atoms with E-state index < -0.39 is 5.91 Å². The minimum Gasteiger partial charge on any atom is -0.450 e. The number of amides is 3. The van der Waals surface area contributed by atoms with Crippen molar-refractivity contribution in [3.05, 3.63) is 0 Å². The Bertz CT molecular complexity index is 468. The van der Waals surface area contributed by atoms with Crippen molar-refractivity contribution in [1.29, 1.82) is 0 Å². The normalized spacial score (nSPS) is 14.7. The van der Waals surface area contributed by atoms with Gasteiger partial charge in [0.1, 0.15) is 6.54 Å². The Labute approximate surface area is 135 Å². The number of rotatable bonds is 6. The van der Waals surface area contributed by atoms with Crippen LogP contribution in [0.2, 0.25) is 0 Å². The maximum atomic E-state index is 12.2. The molecule has 1 rings (SSSR count). The summed E-state index contributed by atoms with van der Waals surface area (Å²) in [5.74, 6) is 1.29. The molecule has 3 amide bonds. The first kappa shape index (κ1) is 18.7. The van der Waals surface area contributed by atoms with Crippen molar-refractivity contribution in [3.8, 4) is 12.3 Å². The predicted octanol–water partition coefficient (Wildman–Crippen LogP) is -1.27. The molecule has 1 fully saturated rings. The monoisotopic (exact) mass is 326 g/mol. The fourth-order valence-corrected chi connectivity index (χ4v) is 2.15. The zero-order valence-corrected chi connectivity index (χ0v) is 13.2. The second-order valence-corrected chi connectivity index (χ2v) is 4.95. The molecule has 1 heterocycles. The van der Waals surface area contributed by atoms with Crippen molar-refractivity contribution in [3.63, 3.8) is 0 Å². The van der Waals surface area contributed by atoms with Crippen LogP contribution >= 0.6 is 0 Å². The summed E-state index contributed by atoms with van der Waals surface area (Å²) >= 11 is 0. The van der Waals surface area contributed by atoms with Gasteiger partial charge in [-0.3, -0.25) is 19.7 Å². The van der Waals surface area contributed by atoms with Crippen molar-refractivity contribution in [2.45, 2.75) is 6.92 Å². The lowest BCUT2D eigenvalue weighted by atomic mass is 10.3. The number of hydroxylamine groups is 1. The maximum absolute atomic E-state index is 12.2. The first-order valence-corrected chi connectivity index (χ1v) is 7.30. The van der Waals surface area contributed by atoms with Gasteiger partial charge in [-0.05, 0) is 6.92 Å². The Morgan fingerprint density at radius 1 is 1.30 bits per heavy atom. The molecule has 0 saturated carbocycles. The van der Waals surface area contributed by atoms with Gasteiger partial charge in [-0.25, -0.2) is 10.3 Å². The zero-order valence-electron chi connectivity index (χ0n) is 13.2. The van der Waals surface area contributed by atoms with E-state index in [1.54, 1.807) is 11.8 Å². The lowest BCUT2D eigenvalue weighted by molar-refractivity contribution is -0.139. The van der Waals surface area contributed by atoms with Crippen molar-refractivity contribution >= 4 is 17.9 Å². The molecule has 0 aromatic carbocycles. The van der Waals surface area contributed by atoms with Crippen LogP contribution in [0.1, 0.15) is 6.92 Å². The highest BCUT2D eigenvalue weighted by molar-refractivity contribution is 5.85. The molecule has 0 bridgehead atoms. The van der Waals surface area contributed by atoms with Gasteiger partial charge in [0.25, 0.3) is 5.91 Å². The quantitative estimate of drug-likeness (QED) is 0.358. The lowest BCUT2D eigenvalue weighted by Crippen LogP contribution is -2.52. The Morgan fingerprint density at radius 3 is 2.48 bits per heavy atom. The number of nitrogens with zero attached hydrogens (tertiary/aromatic N) is 3. The number of nitrogens with one attached hydrogen (secondary N) is 1. The molecule has 128 valence electrons. The molecular formula is C14H22N4O5. The summed E-state index contributed by atoms with van der Waals surface area (Å²) in [5, 5.41) is 8.53. The summed E-state index contributed by atoms with van der Waals surface area (Å²) in [6.45, 7) is 3.84. The average molecular weight is 326 g/mol. The number of hydrogen-bond donors (Lipinski definition) is 2. The van der Waals surface area contributed by atoms with E-state index in [0.717, 1.165) is 0 Å². The third kappa shape index (κ3) is 6.14. The van der Waals surface area contributed by atoms with Crippen LogP contribution in [-0.2, 0) is 14.3 Å². The molecule has 0 radical (unpaired) electrons. The largest absolute Gasteiger partial charge is 0.450 e. The maximum Gasteiger partial charge on any atom is 0.409 e. The molecule has 0 atom stereocenters. The van der Waals surface area contributed by atoms with Crippen LogP contribution in [0.5, 0.6) is 0 Å². The van der Waals surface area contributed by atoms with E-state index in [-0.39, 0.29) is 31.6 Å². The van der Waals surface area contributed by atoms with Crippen LogP contribution < -0.4 is 5.48 Å². The third-order valence-corrected chi connectivity index (χ3v) is 3.35. The molecule has 0 aromatic rings. The first-order valence-electron chi connectivity index (χ1n) is 7.30. The Morgan fingerprint density at radius 2 is 1.96 bits per heavy atom. The van der Waals surface area contributed by atoms with E-state index in [1.165, 1.54) is 10.4 Å². The van der Waals surface area contributed by atoms with Gasteiger partial charge in [0.05, 0.1) is 19.7 Å². The first-order chi connectivity index (χ1) is 11.0. The SMILES string of the molecule is C#CCN(CC(=O)NO)C(=O)CN1CCN(C(=O)OCC)CC1. The smallest absolute Gasteiger partial charge is 0.409 e. The second kappa shape index (κ2) is 9.66. The minimum atomic E-state index is -0.708. The Kier molecular flexibility index (Phi) is 7.87. The van der Waals surface area contributed by atoms with Crippen LogP contribution in [0.25, 0.3) is 0 Å². The number of carbonyl (C=O) groups excluding carboxylic acids is 3. The molecule has 1 saturated heterocycles. The predicted molar refractivity (Wildman–Crippen MR) is 80.4 cm³/mol. The highest BCUT2D eigenvalue weighted by Crippen LogP contribution is 2.04. The fourth-order valence-electron chi connectivity index (χ4n) is 2.15. The van der Waals surface area contributed by atoms with Gasteiger partial charge in [-0.2, -0.15) is 0 Å². The molecule has 1 aliphatic rings. The van der Waals surface area contributed by atoms with Crippen LogP contribution in [0.15, 0.2) is 0 Å². The summed E-state index contributed by atoms with van der Waals surface area (Å²) in [6.07, 6.45) is 4.83. The van der Waals surface area contributed by atoms with Crippen LogP contribution in [0, 0.1) is 12.3 Å². The number of piperazine rings is 1. The molecule has 2 N–H and O–H groups in total. The van der Waals surface area contributed by atoms with Gasteiger partial charge in [0.15, 0.2) is 0 Å². The molecular weight excluding hydrogens is 304 g/mol. The van der Waals surface area contributed by atoms with Crippen LogP contribution in [-0.4, -0.2) is 90.2 Å². The Balaban J connectivity index is 2.46. The number of carbonyl (C=O) groups is 3. The van der Waals surface area contributed by atoms with E-state index in [9.17, 15) is 14.4 Å². The summed E-state index contributed by atoms with van der Waals surface area (Å²) in [4.78, 5) is 39.6. The Hall–Kier alpha value is -2.31. The van der Waals surface area contributed by atoms with Crippen molar-refractivity contribution in [2.24, 2.45) is 0 Å². The zero-order chi connectivity index (χ0) is 17.2. The molecule has 0 aliphatic carbocycles. The topological polar surface area (TPSA) is 102 Å². The molecule has 0 aromatic heterocycles. The van der Waals surface area contributed by atoms with Gasteiger partial charge < -0.3 is 14.5 Å². The lowest BCUT2D eigenvalue weighted by Gasteiger charge is -2.34. The molecule has 0 unspecified atom stereocenters. The number of terminal acetylenes is 1. The summed E-state index contributed by atoms with van der Waals surface area (Å²) < 4.78 is 4.93. The average Bonchev–Trinajstić information content (AvgIpc) is 2.55. The van der Waals surface area contributed by atoms with E-state index in [0.29, 0.717) is 32.8 Å². The van der Waals surface area contributed by atoms with Gasteiger partial charge >= 0.3 is 6.09 Å². The van der Waals surface area contributed by atoms with Gasteiger partial charge in [0.2, 0.25) is 5.91 Å². The second-order valence-electron chi connectivity index (χ2n) is 4.95. The van der Waals surface area contributed by atoms with Gasteiger partial charge in [0, 0.05) is 26.2 Å². The third-order valence-electron chi connectivity index (χ3n) is 3.35. The molecule has 9 heteroatoms. The summed E-state index contributed by atoms with van der Waals surface area (Å²) in [5.41, 5.74) is 1.47. The molecule has 1 aliphatic heterocycles. The number of hydrogen-bond acceptors (Lipinski definition) is 6. The molecule has 23 heavy (non-hydrogen) atoms. The van der Waals surface area contributed by atoms with Gasteiger partial charge in [-0.15, -0.1) is 6.42 Å². The standard InChI is InChI=1S/C14H22N4O5/c1-3-5-18(10-12(19)15-22)13(20)11-16-6-8-17(9-7-16)14(21)23-4-2/h1,22H,4-11H2,2H3,(H,15,19). The number of ether oxygens (including phenoxy) is 1. The van der Waals surface area contributed by atoms with E-state index >= 15 is 0 Å². The van der Waals surface area contributed by atoms with Crippen molar-refractivity contribution in [1.82, 2.24) is 20.2 Å². The van der Waals surface area contributed by atoms with E-state index in [2.05, 4.69) is 5.92 Å². The van der Waals surface area contributed by atoms with Gasteiger partial charge in [-0.1, -0.05) is 5.92 Å². The van der Waals surface area contributed by atoms with Crippen LogP contribution in [0.3, 0.4) is 0 Å². The van der Waals surface area contributed by atoms with E-state index in [4.69, 9.17) is 16.4 Å². The summed E-state index contributed by atoms with van der Waals surface area (Å²) in [7, 11) is 0. The minimum absolute atomic E-state index is 0.0188. The fraction of sp³-hybridized carbons (Fsp3) is 0.643. The van der Waals surface area contributed by atoms with Crippen molar-refractivity contribution in [2.75, 3.05) is 52.4 Å². The van der Waals surface area contributed by atoms with Crippen molar-refractivity contribution < 1.29 is 24.3 Å². The van der Waals surface area contributed by atoms with Crippen LogP contribution in [0.4, 0.5) is 4.79 Å². The molecule has 0 spiro atoms. The summed E-state index contributed by atoms with van der Waals surface area (Å²) in [6, 6.07) is 0. The highest BCUT2D eigenvalue weighted by Gasteiger charge is 2.25. The molecule has 9 nitrogen and oxygen atoms in total. The van der Waals surface area contributed by atoms with E-state index in [1.807, 2.05) is 4.90 Å².